The number of carboxylic acid groups (broad SMARTS) is 1. The van der Waals surface area contributed by atoms with Crippen LogP contribution in [0.5, 0.6) is 0 Å². The molecular formula is C46H43N6O7-. The average molecular weight is 792 g/mol. The number of aromatic nitrogens is 2. The van der Waals surface area contributed by atoms with E-state index < -0.39 is 42.2 Å². The number of aliphatic hydroxyl groups is 1. The number of hydrogen-bond acceptors (Lipinski definition) is 9. The van der Waals surface area contributed by atoms with Crippen molar-refractivity contribution in [3.8, 4) is 0 Å². The van der Waals surface area contributed by atoms with Crippen molar-refractivity contribution in [1.82, 2.24) is 20.6 Å². The van der Waals surface area contributed by atoms with Crippen LogP contribution in [0.4, 0.5) is 21.0 Å². The van der Waals surface area contributed by atoms with Crippen molar-refractivity contribution in [2.75, 3.05) is 10.2 Å². The average Bonchev–Trinajstić information content (AvgIpc) is 3.26. The fraction of sp³-hybridized carbons (Fsp3) is 0.174. The van der Waals surface area contributed by atoms with Crippen LogP contribution in [0, 0.1) is 0 Å². The zero-order chi connectivity index (χ0) is 41.4. The lowest BCUT2D eigenvalue weighted by Crippen LogP contribution is -2.49. The number of aliphatic hydroxyl groups excluding tert-OH is 1. The number of carbonyl (C=O) groups excluding carboxylic acids is 4. The van der Waals surface area contributed by atoms with E-state index in [0.717, 1.165) is 16.0 Å². The molecule has 13 heteroatoms. The molecule has 0 radical (unpaired) electrons. The van der Waals surface area contributed by atoms with Gasteiger partial charge in [-0.3, -0.25) is 24.9 Å². The third-order valence-electron chi connectivity index (χ3n) is 9.49. The summed E-state index contributed by atoms with van der Waals surface area (Å²) in [5.74, 6) is -1.12. The molecule has 2 aromatic heterocycles. The SMILES string of the molecule is O=C(Nc1ccccc1C(=O)N[C@@H](Cc1ccccc1)C[C@H](O)[C@H](Cc1ccccc1)NC(=O)c1ccccc1N(Cc1cccnc1)C(=O)[O-])OCc1cccnc1. The molecule has 13 nitrogen and oxygen atoms in total. The van der Waals surface area contributed by atoms with Crippen LogP contribution in [-0.4, -0.2) is 57.3 Å². The topological polar surface area (TPSA) is 186 Å². The lowest BCUT2D eigenvalue weighted by molar-refractivity contribution is -0.246. The minimum atomic E-state index is -1.51. The molecule has 4 amide bonds. The number of benzene rings is 4. The second-order valence-electron chi connectivity index (χ2n) is 13.8. The molecular weight excluding hydrogens is 749 g/mol. The maximum atomic E-state index is 14.2. The fourth-order valence-corrected chi connectivity index (χ4v) is 6.60. The van der Waals surface area contributed by atoms with Crippen molar-refractivity contribution in [2.45, 2.75) is 50.6 Å². The molecule has 4 aromatic carbocycles. The van der Waals surface area contributed by atoms with E-state index in [-0.39, 0.29) is 48.5 Å². The molecule has 0 saturated heterocycles. The maximum Gasteiger partial charge on any atom is 0.411 e. The number of carbonyl (C=O) groups is 4. The number of nitrogens with one attached hydrogen (secondary N) is 3. The number of anilines is 2. The molecule has 0 aliphatic rings. The van der Waals surface area contributed by atoms with Gasteiger partial charge in [0.25, 0.3) is 11.8 Å². The summed E-state index contributed by atoms with van der Waals surface area (Å²) in [6.45, 7) is -0.125. The summed E-state index contributed by atoms with van der Waals surface area (Å²) >= 11 is 0. The third kappa shape index (κ3) is 12.1. The Morgan fingerprint density at radius 2 is 1.20 bits per heavy atom. The Balaban J connectivity index is 1.23. The molecule has 6 rings (SSSR count). The van der Waals surface area contributed by atoms with Crippen molar-refractivity contribution < 1.29 is 34.1 Å². The van der Waals surface area contributed by atoms with Crippen molar-refractivity contribution in [2.24, 2.45) is 0 Å². The summed E-state index contributed by atoms with van der Waals surface area (Å²) in [5.41, 5.74) is 3.57. The minimum absolute atomic E-state index is 0.00892. The molecule has 0 saturated carbocycles. The first-order chi connectivity index (χ1) is 28.7. The first-order valence-corrected chi connectivity index (χ1v) is 19.0. The number of hydrogen-bond donors (Lipinski definition) is 4. The van der Waals surface area contributed by atoms with Crippen LogP contribution in [0.3, 0.4) is 0 Å². The van der Waals surface area contributed by atoms with Gasteiger partial charge in [0.15, 0.2) is 0 Å². The van der Waals surface area contributed by atoms with Crippen molar-refractivity contribution >= 4 is 35.4 Å². The fourth-order valence-electron chi connectivity index (χ4n) is 6.60. The number of amides is 4. The smallest absolute Gasteiger partial charge is 0.411 e. The van der Waals surface area contributed by atoms with Crippen LogP contribution in [-0.2, 0) is 30.7 Å². The van der Waals surface area contributed by atoms with Crippen LogP contribution in [0.2, 0.25) is 0 Å². The van der Waals surface area contributed by atoms with Gasteiger partial charge in [0.2, 0.25) is 0 Å². The Labute approximate surface area is 341 Å². The normalized spacial score (nSPS) is 12.3. The minimum Gasteiger partial charge on any atom is -0.530 e. The van der Waals surface area contributed by atoms with Gasteiger partial charge in [-0.25, -0.2) is 4.79 Å². The number of rotatable bonds is 17. The first-order valence-electron chi connectivity index (χ1n) is 19.0. The van der Waals surface area contributed by atoms with Crippen LogP contribution in [0.15, 0.2) is 158 Å². The predicted octanol–water partition coefficient (Wildman–Crippen LogP) is 5.71. The van der Waals surface area contributed by atoms with Gasteiger partial charge < -0.3 is 35.3 Å². The van der Waals surface area contributed by atoms with Gasteiger partial charge in [0.1, 0.15) is 12.7 Å². The predicted molar refractivity (Wildman–Crippen MR) is 220 cm³/mol. The molecule has 0 unspecified atom stereocenters. The van der Waals surface area contributed by atoms with E-state index in [2.05, 4.69) is 25.9 Å². The van der Waals surface area contributed by atoms with Crippen molar-refractivity contribution in [3.05, 3.63) is 192 Å². The monoisotopic (exact) mass is 791 g/mol. The molecule has 0 spiro atoms. The van der Waals surface area contributed by atoms with Gasteiger partial charge in [-0.05, 0) is 72.4 Å². The van der Waals surface area contributed by atoms with E-state index >= 15 is 0 Å². The van der Waals surface area contributed by atoms with Crippen LogP contribution in [0.1, 0.15) is 49.4 Å². The van der Waals surface area contributed by atoms with E-state index in [4.69, 9.17) is 4.74 Å². The largest absolute Gasteiger partial charge is 0.530 e. The Bertz CT molecular complexity index is 2300. The van der Waals surface area contributed by atoms with E-state index in [9.17, 15) is 29.4 Å². The van der Waals surface area contributed by atoms with Gasteiger partial charge in [-0.2, -0.15) is 0 Å². The van der Waals surface area contributed by atoms with Crippen molar-refractivity contribution in [3.63, 3.8) is 0 Å². The number of para-hydroxylation sites is 2. The molecule has 0 bridgehead atoms. The maximum absolute atomic E-state index is 14.2. The first kappa shape index (κ1) is 41.3. The van der Waals surface area contributed by atoms with Gasteiger partial charge >= 0.3 is 6.09 Å². The van der Waals surface area contributed by atoms with E-state index in [1.807, 2.05) is 60.7 Å². The van der Waals surface area contributed by atoms with Gasteiger partial charge in [0, 0.05) is 36.4 Å². The van der Waals surface area contributed by atoms with Gasteiger partial charge in [-0.15, -0.1) is 0 Å². The van der Waals surface area contributed by atoms with Crippen LogP contribution >= 0.6 is 0 Å². The highest BCUT2D eigenvalue weighted by Crippen LogP contribution is 2.24. The quantitative estimate of drug-likeness (QED) is 0.0899. The summed E-state index contributed by atoms with van der Waals surface area (Å²) in [6.07, 6.45) is 3.39. The Kier molecular flexibility index (Phi) is 14.5. The third-order valence-corrected chi connectivity index (χ3v) is 9.49. The zero-order valence-corrected chi connectivity index (χ0v) is 32.0. The van der Waals surface area contributed by atoms with Crippen LogP contribution < -0.4 is 26.0 Å². The zero-order valence-electron chi connectivity index (χ0n) is 32.0. The molecule has 0 aliphatic heterocycles. The molecule has 6 aromatic rings. The molecule has 0 aliphatic carbocycles. The Hall–Kier alpha value is -7.38. The molecule has 0 fully saturated rings. The summed E-state index contributed by atoms with van der Waals surface area (Å²) in [4.78, 5) is 62.4. The molecule has 2 heterocycles. The second-order valence-corrected chi connectivity index (χ2v) is 13.8. The highest BCUT2D eigenvalue weighted by molar-refractivity contribution is 6.03. The van der Waals surface area contributed by atoms with Crippen LogP contribution in [0.25, 0.3) is 0 Å². The summed E-state index contributed by atoms with van der Waals surface area (Å²) < 4.78 is 5.35. The lowest BCUT2D eigenvalue weighted by atomic mass is 9.93. The number of pyridine rings is 2. The van der Waals surface area contributed by atoms with Gasteiger partial charge in [-0.1, -0.05) is 97.1 Å². The second kappa shape index (κ2) is 20.7. The highest BCUT2D eigenvalue weighted by Gasteiger charge is 2.29. The highest BCUT2D eigenvalue weighted by atomic mass is 16.5. The molecule has 3 atom stereocenters. The summed E-state index contributed by atoms with van der Waals surface area (Å²) in [6, 6.07) is 36.9. The lowest BCUT2D eigenvalue weighted by Gasteiger charge is -2.30. The van der Waals surface area contributed by atoms with Gasteiger partial charge in [0.05, 0.1) is 41.2 Å². The Morgan fingerprint density at radius 3 is 1.85 bits per heavy atom. The summed E-state index contributed by atoms with van der Waals surface area (Å²) in [5, 5.41) is 33.1. The molecule has 4 N–H and O–H groups in total. The number of ether oxygens (including phenoxy) is 1. The van der Waals surface area contributed by atoms with E-state index in [1.165, 1.54) is 18.3 Å². The summed E-state index contributed by atoms with van der Waals surface area (Å²) in [7, 11) is 0. The number of nitrogens with zero attached hydrogens (tertiary/aromatic N) is 3. The van der Waals surface area contributed by atoms with Crippen molar-refractivity contribution in [1.29, 1.82) is 0 Å². The molecule has 59 heavy (non-hydrogen) atoms. The van der Waals surface area contributed by atoms with E-state index in [1.54, 1.807) is 79.3 Å². The molecule has 300 valence electrons. The standard InChI is InChI=1S/C46H44N6O7/c53-42(40(26-33-15-5-2-6-16-33)50-44(55)38-20-8-10-22-41(38)52(46(57)58)30-34-17-11-23-47-28-34)27-36(25-32-13-3-1-4-14-32)49-43(54)37-19-7-9-21-39(37)51-45(56)59-31-35-18-12-24-48-29-35/h1-24,28-29,36,40,42,53H,25-27,30-31H2,(H,49,54)(H,50,55)(H,51,56)(H,57,58)/p-1/t36-,40-,42-/m0/s1. The Morgan fingerprint density at radius 1 is 0.644 bits per heavy atom. The van der Waals surface area contributed by atoms with E-state index in [0.29, 0.717) is 17.5 Å².